The summed E-state index contributed by atoms with van der Waals surface area (Å²) in [7, 11) is 1.45. The molecule has 0 aliphatic heterocycles. The maximum atomic E-state index is 12.0. The van der Waals surface area contributed by atoms with Crippen molar-refractivity contribution in [3.05, 3.63) is 42.4 Å². The number of carbonyl (C=O) groups is 1. The zero-order valence-corrected chi connectivity index (χ0v) is 12.7. The van der Waals surface area contributed by atoms with Gasteiger partial charge in [0.2, 0.25) is 5.71 Å². The van der Waals surface area contributed by atoms with Gasteiger partial charge in [-0.2, -0.15) is 10.4 Å². The lowest BCUT2D eigenvalue weighted by Gasteiger charge is -2.11. The Morgan fingerprint density at radius 3 is 2.83 bits per heavy atom. The molecule has 0 fully saturated rings. The minimum absolute atomic E-state index is 0.170. The molecule has 5 N–H and O–H groups in total. The van der Waals surface area contributed by atoms with Crippen molar-refractivity contribution < 1.29 is 13.9 Å². The van der Waals surface area contributed by atoms with Gasteiger partial charge in [0.15, 0.2) is 11.6 Å². The number of methoxy groups -OCH3 is 1. The van der Waals surface area contributed by atoms with Gasteiger partial charge in [0.05, 0.1) is 24.7 Å². The molecule has 0 aliphatic carbocycles. The van der Waals surface area contributed by atoms with Gasteiger partial charge >= 0.3 is 0 Å². The highest BCUT2D eigenvalue weighted by molar-refractivity contribution is 6.45. The molecule has 1 heterocycles. The zero-order chi connectivity index (χ0) is 17.5. The summed E-state index contributed by atoms with van der Waals surface area (Å²) in [6, 6.07) is 9.61. The molecule has 9 heteroatoms. The fraction of sp³-hybridized carbons (Fsp3) is 0.0667. The van der Waals surface area contributed by atoms with Crippen LogP contribution in [0.25, 0.3) is 0 Å². The van der Waals surface area contributed by atoms with Crippen molar-refractivity contribution in [3.63, 3.8) is 0 Å². The van der Waals surface area contributed by atoms with E-state index in [1.165, 1.54) is 19.4 Å². The molecule has 9 nitrogen and oxygen atoms in total. The molecule has 24 heavy (non-hydrogen) atoms. The smallest absolute Gasteiger partial charge is 0.291 e. The van der Waals surface area contributed by atoms with Crippen LogP contribution in [0.1, 0.15) is 10.6 Å². The largest absolute Gasteiger partial charge is 0.494 e. The lowest BCUT2D eigenvalue weighted by molar-refractivity contribution is 0.0996. The number of carbonyl (C=O) groups excluding carboxylic acids is 1. The van der Waals surface area contributed by atoms with Gasteiger partial charge in [0, 0.05) is 6.07 Å². The van der Waals surface area contributed by atoms with Gasteiger partial charge in [0.25, 0.3) is 5.91 Å². The Morgan fingerprint density at radius 1 is 1.46 bits per heavy atom. The minimum atomic E-state index is -0.445. The number of rotatable bonds is 6. The molecule has 1 aromatic carbocycles. The molecule has 0 aliphatic rings. The van der Waals surface area contributed by atoms with Crippen molar-refractivity contribution in [2.24, 2.45) is 10.8 Å². The van der Waals surface area contributed by atoms with Crippen LogP contribution < -0.4 is 21.2 Å². The van der Waals surface area contributed by atoms with Crippen LogP contribution in [0, 0.1) is 16.7 Å². The van der Waals surface area contributed by atoms with Crippen molar-refractivity contribution in [2.75, 3.05) is 17.9 Å². The lowest BCUT2D eigenvalue weighted by Crippen LogP contribution is -2.21. The molecule has 0 bridgehead atoms. The number of benzene rings is 1. The average Bonchev–Trinajstić information content (AvgIpc) is 3.10. The Morgan fingerprint density at radius 2 is 2.25 bits per heavy atom. The van der Waals surface area contributed by atoms with Gasteiger partial charge in [0.1, 0.15) is 11.8 Å². The van der Waals surface area contributed by atoms with E-state index in [2.05, 4.69) is 15.8 Å². The van der Waals surface area contributed by atoms with E-state index < -0.39 is 11.7 Å². The van der Waals surface area contributed by atoms with Crippen LogP contribution in [0.5, 0.6) is 5.75 Å². The number of hydrogen-bond acceptors (Lipinski definition) is 7. The Labute approximate surface area is 137 Å². The third kappa shape index (κ3) is 3.89. The van der Waals surface area contributed by atoms with Gasteiger partial charge in [-0.25, -0.2) is 0 Å². The fourth-order valence-corrected chi connectivity index (χ4v) is 1.72. The SMILES string of the molecule is COc1cc(N/N=C(\C#N)C(=N)N)ccc1NC(=O)c1ccco1. The zero-order valence-electron chi connectivity index (χ0n) is 12.7. The Balaban J connectivity index is 2.17. The highest BCUT2D eigenvalue weighted by atomic mass is 16.5. The average molecular weight is 326 g/mol. The van der Waals surface area contributed by atoms with Crippen molar-refractivity contribution in [1.82, 2.24) is 0 Å². The molecule has 0 radical (unpaired) electrons. The van der Waals surface area contributed by atoms with Crippen LogP contribution in [-0.2, 0) is 0 Å². The quantitative estimate of drug-likeness (QED) is 0.361. The summed E-state index contributed by atoms with van der Waals surface area (Å²) in [6.45, 7) is 0. The van der Waals surface area contributed by atoms with Crippen LogP contribution in [0.2, 0.25) is 0 Å². The van der Waals surface area contributed by atoms with E-state index in [4.69, 9.17) is 25.6 Å². The van der Waals surface area contributed by atoms with Crippen molar-refractivity contribution >= 4 is 28.8 Å². The first-order valence-electron chi connectivity index (χ1n) is 6.66. The summed E-state index contributed by atoms with van der Waals surface area (Å²) >= 11 is 0. The normalized spacial score (nSPS) is 10.6. The summed E-state index contributed by atoms with van der Waals surface area (Å²) in [4.78, 5) is 12.0. The van der Waals surface area contributed by atoms with E-state index in [1.54, 1.807) is 30.3 Å². The molecule has 0 saturated carbocycles. The number of furan rings is 1. The maximum absolute atomic E-state index is 12.0. The van der Waals surface area contributed by atoms with Crippen molar-refractivity contribution in [2.45, 2.75) is 0 Å². The van der Waals surface area contributed by atoms with Crippen LogP contribution in [0.15, 0.2) is 46.1 Å². The molecule has 0 atom stereocenters. The molecule has 0 spiro atoms. The summed E-state index contributed by atoms with van der Waals surface area (Å²) < 4.78 is 10.2. The molecular formula is C15H14N6O3. The third-order valence-electron chi connectivity index (χ3n) is 2.85. The summed E-state index contributed by atoms with van der Waals surface area (Å²) in [5.41, 5.74) is 8.46. The Hall–Kier alpha value is -3.80. The third-order valence-corrected chi connectivity index (χ3v) is 2.85. The maximum Gasteiger partial charge on any atom is 0.291 e. The van der Waals surface area contributed by atoms with Crippen LogP contribution in [-0.4, -0.2) is 24.6 Å². The predicted octanol–water partition coefficient (Wildman–Crippen LogP) is 1.77. The molecule has 122 valence electrons. The van der Waals surface area contributed by atoms with E-state index in [1.807, 2.05) is 0 Å². The van der Waals surface area contributed by atoms with E-state index >= 15 is 0 Å². The number of hydrogen-bond donors (Lipinski definition) is 4. The number of hydrazone groups is 1. The highest BCUT2D eigenvalue weighted by Gasteiger charge is 2.12. The van der Waals surface area contributed by atoms with Gasteiger partial charge in [-0.05, 0) is 24.3 Å². The molecule has 2 aromatic rings. The Bertz CT molecular complexity index is 820. The van der Waals surface area contributed by atoms with E-state index in [-0.39, 0.29) is 11.5 Å². The fourth-order valence-electron chi connectivity index (χ4n) is 1.72. The summed E-state index contributed by atoms with van der Waals surface area (Å²) in [5, 5.41) is 22.3. The molecule has 1 aromatic heterocycles. The van der Waals surface area contributed by atoms with Crippen LogP contribution in [0.3, 0.4) is 0 Å². The van der Waals surface area contributed by atoms with Crippen LogP contribution in [0.4, 0.5) is 11.4 Å². The molecule has 0 saturated heterocycles. The second-order valence-electron chi connectivity index (χ2n) is 4.44. The number of ether oxygens (including phenoxy) is 1. The van der Waals surface area contributed by atoms with E-state index in [0.29, 0.717) is 17.1 Å². The summed E-state index contributed by atoms with van der Waals surface area (Å²) in [6.07, 6.45) is 1.40. The number of anilines is 2. The number of nitrogens with two attached hydrogens (primary N) is 1. The second kappa shape index (κ2) is 7.46. The van der Waals surface area contributed by atoms with Crippen molar-refractivity contribution in [1.29, 1.82) is 10.7 Å². The Kier molecular flexibility index (Phi) is 5.15. The van der Waals surface area contributed by atoms with Gasteiger partial charge < -0.3 is 20.2 Å². The van der Waals surface area contributed by atoms with Gasteiger partial charge in [-0.1, -0.05) is 0 Å². The lowest BCUT2D eigenvalue weighted by atomic mass is 10.2. The number of nitrogens with one attached hydrogen (secondary N) is 3. The molecule has 0 unspecified atom stereocenters. The number of nitrogens with zero attached hydrogens (tertiary/aromatic N) is 2. The molecule has 1 amide bonds. The first-order chi connectivity index (χ1) is 11.5. The van der Waals surface area contributed by atoms with Gasteiger partial charge in [-0.3, -0.25) is 15.6 Å². The second-order valence-corrected chi connectivity index (χ2v) is 4.44. The van der Waals surface area contributed by atoms with E-state index in [9.17, 15) is 4.79 Å². The standard InChI is InChI=1S/C15H14N6O3/c1-23-13-7-9(20-21-11(8-16)14(17)18)4-5-10(13)19-15(22)12-3-2-6-24-12/h2-7,20H,1H3,(H3,17,18)(H,19,22)/b21-11+. The van der Waals surface area contributed by atoms with E-state index in [0.717, 1.165) is 0 Å². The number of amides is 1. The number of amidine groups is 1. The summed E-state index contributed by atoms with van der Waals surface area (Å²) in [5.74, 6) is -0.319. The number of nitriles is 1. The van der Waals surface area contributed by atoms with Crippen LogP contribution >= 0.6 is 0 Å². The van der Waals surface area contributed by atoms with Gasteiger partial charge in [-0.15, -0.1) is 0 Å². The van der Waals surface area contributed by atoms with Crippen molar-refractivity contribution in [3.8, 4) is 11.8 Å². The first kappa shape index (κ1) is 16.6. The molecule has 2 rings (SSSR count). The minimum Gasteiger partial charge on any atom is -0.494 e. The topological polar surface area (TPSA) is 150 Å². The predicted molar refractivity (Wildman–Crippen MR) is 88.2 cm³/mol. The highest BCUT2D eigenvalue weighted by Crippen LogP contribution is 2.28. The molecular weight excluding hydrogens is 312 g/mol. The monoisotopic (exact) mass is 326 g/mol. The first-order valence-corrected chi connectivity index (χ1v) is 6.66.